The highest BCUT2D eigenvalue weighted by Crippen LogP contribution is 2.28. The summed E-state index contributed by atoms with van der Waals surface area (Å²) in [6.45, 7) is 3.99. The fourth-order valence-electron chi connectivity index (χ4n) is 2.56. The molecule has 1 aliphatic heterocycles. The average Bonchev–Trinajstić information content (AvgIpc) is 3.12. The number of halogens is 1. The SMILES string of the molecule is CC(C)c1nnc(C2CN(S(=O)(=O)c3ccc(F)cc3C#N)CCO2)o1. The van der Waals surface area contributed by atoms with Crippen LogP contribution in [0.1, 0.15) is 43.2 Å². The molecule has 0 aliphatic carbocycles. The van der Waals surface area contributed by atoms with Crippen LogP contribution in [0.3, 0.4) is 0 Å². The van der Waals surface area contributed by atoms with Crippen LogP contribution < -0.4 is 0 Å². The summed E-state index contributed by atoms with van der Waals surface area (Å²) >= 11 is 0. The zero-order valence-electron chi connectivity index (χ0n) is 14.2. The molecule has 0 amide bonds. The number of sulfonamides is 1. The molecule has 2 aromatic rings. The molecule has 1 atom stereocenters. The Morgan fingerprint density at radius 1 is 1.38 bits per heavy atom. The second-order valence-corrected chi connectivity index (χ2v) is 8.01. The Hall–Kier alpha value is -2.35. The number of benzene rings is 1. The summed E-state index contributed by atoms with van der Waals surface area (Å²) < 4.78 is 51.4. The number of morpholine rings is 1. The third-order valence-electron chi connectivity index (χ3n) is 3.93. The highest BCUT2D eigenvalue weighted by atomic mass is 32.2. The van der Waals surface area contributed by atoms with Gasteiger partial charge in [0.25, 0.3) is 0 Å². The molecular formula is C16H17FN4O4S. The molecule has 1 saturated heterocycles. The Kier molecular flexibility index (Phi) is 5.04. The van der Waals surface area contributed by atoms with E-state index in [0.717, 1.165) is 18.2 Å². The largest absolute Gasteiger partial charge is 0.422 e. The normalized spacial score (nSPS) is 18.8. The van der Waals surface area contributed by atoms with Gasteiger partial charge in [0.2, 0.25) is 21.8 Å². The lowest BCUT2D eigenvalue weighted by Crippen LogP contribution is -2.42. The fraction of sp³-hybridized carbons (Fsp3) is 0.438. The van der Waals surface area contributed by atoms with Crippen LogP contribution >= 0.6 is 0 Å². The number of nitriles is 1. The highest BCUT2D eigenvalue weighted by molar-refractivity contribution is 7.89. The highest BCUT2D eigenvalue weighted by Gasteiger charge is 2.35. The quantitative estimate of drug-likeness (QED) is 0.797. The molecule has 0 N–H and O–H groups in total. The van der Waals surface area contributed by atoms with Crippen LogP contribution in [0.15, 0.2) is 27.5 Å². The summed E-state index contributed by atoms with van der Waals surface area (Å²) in [6, 6.07) is 4.73. The van der Waals surface area contributed by atoms with Crippen molar-refractivity contribution in [2.45, 2.75) is 30.8 Å². The van der Waals surface area contributed by atoms with Crippen molar-refractivity contribution in [1.29, 1.82) is 5.26 Å². The maximum Gasteiger partial charge on any atom is 0.246 e. The lowest BCUT2D eigenvalue weighted by molar-refractivity contribution is -0.0179. The molecule has 2 heterocycles. The molecule has 8 nitrogen and oxygen atoms in total. The van der Waals surface area contributed by atoms with Crippen molar-refractivity contribution < 1.29 is 22.0 Å². The van der Waals surface area contributed by atoms with Gasteiger partial charge < -0.3 is 9.15 Å². The van der Waals surface area contributed by atoms with Crippen LogP contribution in [0.4, 0.5) is 4.39 Å². The van der Waals surface area contributed by atoms with E-state index in [2.05, 4.69) is 10.2 Å². The Bertz CT molecular complexity index is 951. The molecule has 1 fully saturated rings. The predicted octanol–water partition coefficient (Wildman–Crippen LogP) is 1.97. The van der Waals surface area contributed by atoms with E-state index >= 15 is 0 Å². The van der Waals surface area contributed by atoms with Crippen LogP contribution in [-0.4, -0.2) is 42.6 Å². The number of ether oxygens (including phenoxy) is 1. The first kappa shape index (κ1) is 18.4. The predicted molar refractivity (Wildman–Crippen MR) is 87.0 cm³/mol. The van der Waals surface area contributed by atoms with Crippen molar-refractivity contribution in [3.05, 3.63) is 41.4 Å². The average molecular weight is 380 g/mol. The van der Waals surface area contributed by atoms with Gasteiger partial charge in [-0.25, -0.2) is 12.8 Å². The Labute approximate surface area is 150 Å². The van der Waals surface area contributed by atoms with Crippen molar-refractivity contribution in [2.75, 3.05) is 19.7 Å². The van der Waals surface area contributed by atoms with Gasteiger partial charge >= 0.3 is 0 Å². The minimum absolute atomic E-state index is 0.0374. The summed E-state index contributed by atoms with van der Waals surface area (Å²) in [6.07, 6.45) is -0.704. The lowest BCUT2D eigenvalue weighted by Gasteiger charge is -2.30. The first-order valence-electron chi connectivity index (χ1n) is 7.97. The van der Waals surface area contributed by atoms with E-state index < -0.39 is 21.9 Å². The van der Waals surface area contributed by atoms with E-state index in [1.165, 1.54) is 4.31 Å². The maximum absolute atomic E-state index is 13.3. The molecule has 1 aromatic heterocycles. The first-order chi connectivity index (χ1) is 12.3. The van der Waals surface area contributed by atoms with Crippen molar-refractivity contribution in [3.63, 3.8) is 0 Å². The molecule has 0 bridgehead atoms. The summed E-state index contributed by atoms with van der Waals surface area (Å²) in [7, 11) is -4.00. The van der Waals surface area contributed by atoms with Gasteiger partial charge in [0, 0.05) is 19.0 Å². The van der Waals surface area contributed by atoms with Crippen molar-refractivity contribution >= 4 is 10.0 Å². The van der Waals surface area contributed by atoms with Gasteiger partial charge in [-0.05, 0) is 18.2 Å². The van der Waals surface area contributed by atoms with E-state index in [4.69, 9.17) is 14.4 Å². The van der Waals surface area contributed by atoms with E-state index in [0.29, 0.717) is 5.89 Å². The topological polar surface area (TPSA) is 109 Å². The molecule has 0 saturated carbocycles. The summed E-state index contributed by atoms with van der Waals surface area (Å²) in [5, 5.41) is 17.0. The van der Waals surface area contributed by atoms with E-state index in [1.807, 2.05) is 13.8 Å². The molecule has 1 aromatic carbocycles. The van der Waals surface area contributed by atoms with Crippen LogP contribution in [-0.2, 0) is 14.8 Å². The number of aromatic nitrogens is 2. The van der Waals surface area contributed by atoms with E-state index in [9.17, 15) is 12.8 Å². The minimum atomic E-state index is -4.00. The molecule has 138 valence electrons. The fourth-order valence-corrected chi connectivity index (χ4v) is 4.10. The zero-order chi connectivity index (χ0) is 18.9. The second kappa shape index (κ2) is 7.11. The smallest absolute Gasteiger partial charge is 0.246 e. The standard InChI is InChI=1S/C16H17FN4O4S/c1-10(2)15-19-20-16(25-15)13-9-21(5-6-24-13)26(22,23)14-4-3-12(17)7-11(14)8-18/h3-4,7,10,13H,5-6,9H2,1-2H3. The van der Waals surface area contributed by atoms with Gasteiger partial charge in [-0.2, -0.15) is 9.57 Å². The van der Waals surface area contributed by atoms with Gasteiger partial charge in [0.15, 0.2) is 0 Å². The lowest BCUT2D eigenvalue weighted by atomic mass is 10.2. The Morgan fingerprint density at radius 2 is 2.15 bits per heavy atom. The molecule has 10 heteroatoms. The Morgan fingerprint density at radius 3 is 2.81 bits per heavy atom. The number of hydrogen-bond donors (Lipinski definition) is 0. The molecule has 26 heavy (non-hydrogen) atoms. The van der Waals surface area contributed by atoms with Crippen molar-refractivity contribution in [2.24, 2.45) is 0 Å². The third-order valence-corrected chi connectivity index (χ3v) is 5.86. The van der Waals surface area contributed by atoms with Crippen LogP contribution in [0.2, 0.25) is 0 Å². The van der Waals surface area contributed by atoms with Crippen molar-refractivity contribution in [1.82, 2.24) is 14.5 Å². The number of rotatable bonds is 4. The van der Waals surface area contributed by atoms with Gasteiger partial charge in [-0.3, -0.25) is 0 Å². The zero-order valence-corrected chi connectivity index (χ0v) is 15.0. The minimum Gasteiger partial charge on any atom is -0.422 e. The van der Waals surface area contributed by atoms with Gasteiger partial charge in [-0.15, -0.1) is 10.2 Å². The summed E-state index contributed by atoms with van der Waals surface area (Å²) in [4.78, 5) is -0.240. The number of hydrogen-bond acceptors (Lipinski definition) is 7. The second-order valence-electron chi connectivity index (χ2n) is 6.11. The monoisotopic (exact) mass is 380 g/mol. The number of nitrogens with zero attached hydrogens (tertiary/aromatic N) is 4. The molecule has 0 radical (unpaired) electrons. The molecule has 3 rings (SSSR count). The Balaban J connectivity index is 1.88. The maximum atomic E-state index is 13.3. The molecule has 1 aliphatic rings. The molecular weight excluding hydrogens is 363 g/mol. The van der Waals surface area contributed by atoms with E-state index in [1.54, 1.807) is 6.07 Å². The van der Waals surface area contributed by atoms with Gasteiger partial charge in [0.05, 0.1) is 12.2 Å². The van der Waals surface area contributed by atoms with Crippen molar-refractivity contribution in [3.8, 4) is 6.07 Å². The summed E-state index contributed by atoms with van der Waals surface area (Å²) in [5.41, 5.74) is -0.243. The van der Waals surface area contributed by atoms with Gasteiger partial charge in [0.1, 0.15) is 22.9 Å². The first-order valence-corrected chi connectivity index (χ1v) is 9.41. The van der Waals surface area contributed by atoms with Crippen LogP contribution in [0, 0.1) is 17.1 Å². The van der Waals surface area contributed by atoms with Crippen LogP contribution in [0.5, 0.6) is 0 Å². The third kappa shape index (κ3) is 3.46. The molecule has 1 unspecified atom stereocenters. The summed E-state index contributed by atoms with van der Waals surface area (Å²) in [5.74, 6) is 0.00611. The van der Waals surface area contributed by atoms with E-state index in [-0.39, 0.29) is 42.0 Å². The molecule has 0 spiro atoms. The van der Waals surface area contributed by atoms with Crippen LogP contribution in [0.25, 0.3) is 0 Å². The van der Waals surface area contributed by atoms with Gasteiger partial charge in [-0.1, -0.05) is 13.8 Å².